The van der Waals surface area contributed by atoms with Crippen molar-refractivity contribution in [3.8, 4) is 56.3 Å². The minimum Gasteiger partial charge on any atom is -0.278 e. The summed E-state index contributed by atoms with van der Waals surface area (Å²) < 4.78 is 4.52. The van der Waals surface area contributed by atoms with Gasteiger partial charge in [-0.25, -0.2) is 4.98 Å². The van der Waals surface area contributed by atoms with Crippen LogP contribution in [0.5, 0.6) is 0 Å². The number of aromatic nitrogens is 3. The van der Waals surface area contributed by atoms with Crippen LogP contribution in [0.25, 0.3) is 78.0 Å². The van der Waals surface area contributed by atoms with Crippen molar-refractivity contribution < 1.29 is 0 Å². The lowest BCUT2D eigenvalue weighted by atomic mass is 9.80. The number of nitrogens with zero attached hydrogens (tertiary/aromatic N) is 4. The highest BCUT2D eigenvalue weighted by molar-refractivity contribution is 6.04. The zero-order chi connectivity index (χ0) is 27.8. The Labute approximate surface area is 242 Å². The van der Waals surface area contributed by atoms with Gasteiger partial charge < -0.3 is 0 Å². The fraction of sp³-hybridized carbons (Fsp3) is 0. The van der Waals surface area contributed by atoms with Gasteiger partial charge in [0.15, 0.2) is 0 Å². The quantitative estimate of drug-likeness (QED) is 0.211. The average molecular weight is 535 g/mol. The van der Waals surface area contributed by atoms with Crippen LogP contribution in [0.15, 0.2) is 133 Å². The van der Waals surface area contributed by atoms with Crippen molar-refractivity contribution >= 4 is 27.8 Å². The second-order valence-electron chi connectivity index (χ2n) is 10.8. The number of hydrogen-bond donors (Lipinski definition) is 0. The molecule has 2 aromatic heterocycles. The molecule has 1 aliphatic rings. The lowest BCUT2D eigenvalue weighted by Gasteiger charge is -2.24. The molecular weight excluding hydrogens is 512 g/mol. The van der Waals surface area contributed by atoms with E-state index in [1.165, 1.54) is 11.1 Å². The highest BCUT2D eigenvalue weighted by atomic mass is 15.2. The second kappa shape index (κ2) is 8.54. The summed E-state index contributed by atoms with van der Waals surface area (Å²) >= 11 is 0. The van der Waals surface area contributed by atoms with E-state index in [2.05, 4.69) is 130 Å². The number of para-hydroxylation sites is 4. The lowest BCUT2D eigenvalue weighted by molar-refractivity contribution is 1.11. The predicted octanol–water partition coefficient (Wildman–Crippen LogP) is 9.28. The van der Waals surface area contributed by atoms with Gasteiger partial charge in [0.25, 0.3) is 0 Å². The van der Waals surface area contributed by atoms with E-state index in [4.69, 9.17) is 4.98 Å². The number of hydrogen-bond acceptors (Lipinski definition) is 2. The first-order valence-electron chi connectivity index (χ1n) is 14.0. The second-order valence-corrected chi connectivity index (χ2v) is 10.8. The smallest absolute Gasteiger partial charge is 0.220 e. The average Bonchev–Trinajstić information content (AvgIpc) is 3.58. The summed E-state index contributed by atoms with van der Waals surface area (Å²) in [6, 6.07) is 49.1. The molecule has 42 heavy (non-hydrogen) atoms. The monoisotopic (exact) mass is 534 g/mol. The van der Waals surface area contributed by atoms with Gasteiger partial charge in [-0.1, -0.05) is 84.9 Å². The summed E-state index contributed by atoms with van der Waals surface area (Å²) in [6.07, 6.45) is 0. The Hall–Kier alpha value is -5.92. The first kappa shape index (κ1) is 22.9. The van der Waals surface area contributed by atoms with E-state index in [9.17, 15) is 5.26 Å². The molecule has 8 aromatic rings. The summed E-state index contributed by atoms with van der Waals surface area (Å²) in [5.74, 6) is 0.890. The number of fused-ring (bicyclic) bond motifs is 13. The molecule has 4 nitrogen and oxygen atoms in total. The maximum absolute atomic E-state index is 9.77. The van der Waals surface area contributed by atoms with Crippen molar-refractivity contribution in [1.29, 1.82) is 5.26 Å². The molecule has 4 heteroatoms. The van der Waals surface area contributed by atoms with E-state index < -0.39 is 0 Å². The molecule has 6 aromatic carbocycles. The fourth-order valence-corrected chi connectivity index (χ4v) is 6.71. The third kappa shape index (κ3) is 3.08. The van der Waals surface area contributed by atoms with Crippen molar-refractivity contribution in [3.05, 3.63) is 139 Å². The lowest BCUT2D eigenvalue weighted by Crippen LogP contribution is -2.00. The Morgan fingerprint density at radius 1 is 0.476 bits per heavy atom. The number of rotatable bonds is 1. The largest absolute Gasteiger partial charge is 0.278 e. The fourth-order valence-electron chi connectivity index (χ4n) is 6.71. The molecule has 0 spiro atoms. The Bertz CT molecular complexity index is 2430. The van der Waals surface area contributed by atoms with Crippen LogP contribution < -0.4 is 0 Å². The van der Waals surface area contributed by atoms with Gasteiger partial charge in [0, 0.05) is 5.69 Å². The third-order valence-electron chi connectivity index (χ3n) is 8.53. The normalized spacial score (nSPS) is 11.8. The molecule has 194 valence electrons. The number of benzene rings is 6. The highest BCUT2D eigenvalue weighted by Crippen LogP contribution is 2.48. The maximum atomic E-state index is 9.77. The highest BCUT2D eigenvalue weighted by Gasteiger charge is 2.24. The van der Waals surface area contributed by atoms with Gasteiger partial charge >= 0.3 is 0 Å². The van der Waals surface area contributed by atoms with Gasteiger partial charge in [0.05, 0.1) is 33.7 Å². The standard InChI is InChI=1S/C38H22N4/c39-23-24-17-19-30-26-9-1-2-10-27(26)31-20-18-25(22-33(31)29-12-4-3-11-28(29)32(30)21-24)41-36-15-7-8-16-37(36)42-35-14-6-5-13-34(35)40-38(41)42/h1-22H. The minimum absolute atomic E-state index is 0.656. The predicted molar refractivity (Wildman–Crippen MR) is 170 cm³/mol. The Balaban J connectivity index is 1.40. The van der Waals surface area contributed by atoms with Crippen molar-refractivity contribution in [3.63, 3.8) is 0 Å². The van der Waals surface area contributed by atoms with Crippen LogP contribution in [0.1, 0.15) is 5.56 Å². The molecule has 0 atom stereocenters. The van der Waals surface area contributed by atoms with Gasteiger partial charge in [-0.05, 0) is 93.0 Å². The topological polar surface area (TPSA) is 46.0 Å². The van der Waals surface area contributed by atoms with Gasteiger partial charge in [-0.3, -0.25) is 8.97 Å². The molecule has 0 radical (unpaired) electrons. The minimum atomic E-state index is 0.656. The van der Waals surface area contributed by atoms with Crippen molar-refractivity contribution in [2.24, 2.45) is 0 Å². The van der Waals surface area contributed by atoms with Gasteiger partial charge in [-0.15, -0.1) is 0 Å². The Morgan fingerprint density at radius 3 is 1.69 bits per heavy atom. The number of nitriles is 1. The van der Waals surface area contributed by atoms with Crippen LogP contribution in [0, 0.1) is 11.3 Å². The van der Waals surface area contributed by atoms with Crippen LogP contribution >= 0.6 is 0 Å². The summed E-state index contributed by atoms with van der Waals surface area (Å²) in [5, 5.41) is 9.77. The molecular formula is C38H22N4. The van der Waals surface area contributed by atoms with E-state index in [1.807, 2.05) is 18.2 Å². The molecule has 0 unspecified atom stereocenters. The summed E-state index contributed by atoms with van der Waals surface area (Å²) in [5.41, 5.74) is 15.1. The van der Waals surface area contributed by atoms with E-state index in [-0.39, 0.29) is 0 Å². The zero-order valence-corrected chi connectivity index (χ0v) is 22.5. The van der Waals surface area contributed by atoms with E-state index >= 15 is 0 Å². The molecule has 0 fully saturated rings. The van der Waals surface area contributed by atoms with Crippen LogP contribution in [0.3, 0.4) is 0 Å². The third-order valence-corrected chi connectivity index (χ3v) is 8.53. The number of imidazole rings is 2. The Morgan fingerprint density at radius 2 is 1.00 bits per heavy atom. The molecule has 0 bridgehead atoms. The van der Waals surface area contributed by atoms with Crippen molar-refractivity contribution in [2.45, 2.75) is 0 Å². The molecule has 1 aliphatic carbocycles. The molecule has 9 rings (SSSR count). The van der Waals surface area contributed by atoms with Gasteiger partial charge in [0.2, 0.25) is 5.78 Å². The summed E-state index contributed by atoms with van der Waals surface area (Å²) in [4.78, 5) is 5.10. The molecule has 2 heterocycles. The van der Waals surface area contributed by atoms with Gasteiger partial charge in [-0.2, -0.15) is 5.26 Å². The first-order valence-corrected chi connectivity index (χ1v) is 14.0. The van der Waals surface area contributed by atoms with Crippen molar-refractivity contribution in [2.75, 3.05) is 0 Å². The molecule has 0 N–H and O–H groups in total. The first-order chi connectivity index (χ1) is 20.8. The maximum Gasteiger partial charge on any atom is 0.220 e. The van der Waals surface area contributed by atoms with Crippen LogP contribution in [-0.4, -0.2) is 14.0 Å². The Kier molecular flexibility index (Phi) is 4.65. The van der Waals surface area contributed by atoms with Crippen LogP contribution in [0.2, 0.25) is 0 Å². The summed E-state index contributed by atoms with van der Waals surface area (Å²) in [7, 11) is 0. The molecule has 0 saturated heterocycles. The summed E-state index contributed by atoms with van der Waals surface area (Å²) in [6.45, 7) is 0. The van der Waals surface area contributed by atoms with E-state index in [1.54, 1.807) is 0 Å². The van der Waals surface area contributed by atoms with Gasteiger partial charge in [0.1, 0.15) is 0 Å². The molecule has 0 aliphatic heterocycles. The van der Waals surface area contributed by atoms with E-state index in [0.717, 1.165) is 66.9 Å². The SMILES string of the molecule is N#Cc1ccc2c(c1)-c1ccccc1-c1cc(-n3c4ccccc4n4c5ccccc5nc34)ccc1-c1ccccc1-2. The van der Waals surface area contributed by atoms with E-state index in [0.29, 0.717) is 5.56 Å². The van der Waals surface area contributed by atoms with Crippen molar-refractivity contribution in [1.82, 2.24) is 14.0 Å². The molecule has 0 amide bonds. The van der Waals surface area contributed by atoms with Crippen LogP contribution in [-0.2, 0) is 0 Å². The molecule has 0 saturated carbocycles. The van der Waals surface area contributed by atoms with Crippen LogP contribution in [0.4, 0.5) is 0 Å². The zero-order valence-electron chi connectivity index (χ0n) is 22.5.